The second kappa shape index (κ2) is 6.89. The average Bonchev–Trinajstić information content (AvgIpc) is 3.12. The zero-order valence-electron chi connectivity index (χ0n) is 14.7. The first-order valence-electron chi connectivity index (χ1n) is 8.88. The van der Waals surface area contributed by atoms with Gasteiger partial charge in [-0.25, -0.2) is 0 Å². The monoisotopic (exact) mass is 346 g/mol. The van der Waals surface area contributed by atoms with E-state index in [2.05, 4.69) is 67.6 Å². The van der Waals surface area contributed by atoms with Crippen molar-refractivity contribution in [1.82, 2.24) is 0 Å². The van der Waals surface area contributed by atoms with Gasteiger partial charge in [-0.3, -0.25) is 0 Å². The standard InChI is InChI=1S/C23H22OS/c1-3-4-7-16-10-12-17(13-11-16)22-15-20-21(24-2)14-18-8-5-6-9-19(18)23(20)25-22/h5-6,8-15H,3-4,7H2,1-2H3. The van der Waals surface area contributed by atoms with Crippen LogP contribution in [0.5, 0.6) is 5.75 Å². The summed E-state index contributed by atoms with van der Waals surface area (Å²) in [5, 5.41) is 3.74. The molecule has 4 aromatic rings. The van der Waals surface area contributed by atoms with E-state index in [1.807, 2.05) is 11.3 Å². The molecule has 126 valence electrons. The molecule has 2 heteroatoms. The van der Waals surface area contributed by atoms with E-state index in [1.54, 1.807) is 7.11 Å². The maximum absolute atomic E-state index is 5.65. The number of benzene rings is 3. The molecule has 0 aliphatic heterocycles. The van der Waals surface area contributed by atoms with Gasteiger partial charge in [-0.2, -0.15) is 0 Å². The number of fused-ring (bicyclic) bond motifs is 3. The molecule has 0 aliphatic rings. The molecule has 0 spiro atoms. The Bertz CT molecular complexity index is 1010. The topological polar surface area (TPSA) is 9.23 Å². The summed E-state index contributed by atoms with van der Waals surface area (Å²) in [7, 11) is 1.75. The fourth-order valence-corrected chi connectivity index (χ4v) is 4.57. The first-order chi connectivity index (χ1) is 12.3. The van der Waals surface area contributed by atoms with Crippen LogP contribution in [0.3, 0.4) is 0 Å². The van der Waals surface area contributed by atoms with Gasteiger partial charge in [-0.05, 0) is 46.9 Å². The van der Waals surface area contributed by atoms with Crippen LogP contribution in [-0.4, -0.2) is 7.11 Å². The van der Waals surface area contributed by atoms with Gasteiger partial charge in [0.15, 0.2) is 0 Å². The molecule has 0 saturated heterocycles. The average molecular weight is 346 g/mol. The SMILES string of the molecule is CCCCc1ccc(-c2cc3c(OC)cc4ccccc4c3s2)cc1. The lowest BCUT2D eigenvalue weighted by molar-refractivity contribution is 0.420. The van der Waals surface area contributed by atoms with E-state index < -0.39 is 0 Å². The van der Waals surface area contributed by atoms with Crippen molar-refractivity contribution in [2.75, 3.05) is 7.11 Å². The van der Waals surface area contributed by atoms with E-state index in [4.69, 9.17) is 4.74 Å². The van der Waals surface area contributed by atoms with E-state index in [0.29, 0.717) is 0 Å². The lowest BCUT2D eigenvalue weighted by atomic mass is 10.0. The second-order valence-corrected chi connectivity index (χ2v) is 7.51. The molecule has 4 rings (SSSR count). The summed E-state index contributed by atoms with van der Waals surface area (Å²) in [6.45, 7) is 2.24. The molecule has 1 aromatic heterocycles. The van der Waals surface area contributed by atoms with Gasteiger partial charge in [-0.1, -0.05) is 61.9 Å². The number of rotatable bonds is 5. The lowest BCUT2D eigenvalue weighted by Gasteiger charge is -2.05. The molecule has 1 heterocycles. The van der Waals surface area contributed by atoms with Gasteiger partial charge in [-0.15, -0.1) is 11.3 Å². The van der Waals surface area contributed by atoms with E-state index >= 15 is 0 Å². The highest BCUT2D eigenvalue weighted by atomic mass is 32.1. The Hall–Kier alpha value is -2.32. The molecule has 25 heavy (non-hydrogen) atoms. The highest BCUT2D eigenvalue weighted by molar-refractivity contribution is 7.23. The number of hydrogen-bond donors (Lipinski definition) is 0. The van der Waals surface area contributed by atoms with Crippen LogP contribution in [0.2, 0.25) is 0 Å². The van der Waals surface area contributed by atoms with Gasteiger partial charge in [0.25, 0.3) is 0 Å². The summed E-state index contributed by atoms with van der Waals surface area (Å²) in [5.74, 6) is 0.954. The Labute approximate surface area is 152 Å². The zero-order valence-corrected chi connectivity index (χ0v) is 15.5. The van der Waals surface area contributed by atoms with Gasteiger partial charge in [0.1, 0.15) is 5.75 Å². The molecular weight excluding hydrogens is 324 g/mol. The molecule has 0 unspecified atom stereocenters. The summed E-state index contributed by atoms with van der Waals surface area (Å²) in [5.41, 5.74) is 2.71. The van der Waals surface area contributed by atoms with Crippen molar-refractivity contribution in [3.05, 3.63) is 66.2 Å². The molecule has 0 saturated carbocycles. The number of hydrogen-bond acceptors (Lipinski definition) is 2. The zero-order chi connectivity index (χ0) is 17.2. The first-order valence-corrected chi connectivity index (χ1v) is 9.70. The largest absolute Gasteiger partial charge is 0.496 e. The summed E-state index contributed by atoms with van der Waals surface area (Å²) < 4.78 is 6.96. The normalized spacial score (nSPS) is 11.3. The maximum atomic E-state index is 5.65. The molecule has 1 nitrogen and oxygen atoms in total. The Balaban J connectivity index is 1.82. The van der Waals surface area contributed by atoms with Crippen LogP contribution in [0.25, 0.3) is 31.3 Å². The van der Waals surface area contributed by atoms with Crippen molar-refractivity contribution in [2.45, 2.75) is 26.2 Å². The number of thiophene rings is 1. The third-order valence-electron chi connectivity index (χ3n) is 4.77. The van der Waals surface area contributed by atoms with E-state index in [1.165, 1.54) is 56.1 Å². The van der Waals surface area contributed by atoms with Crippen LogP contribution in [-0.2, 0) is 6.42 Å². The van der Waals surface area contributed by atoms with Crippen LogP contribution in [0.15, 0.2) is 60.7 Å². The van der Waals surface area contributed by atoms with Crippen LogP contribution < -0.4 is 4.74 Å². The predicted octanol–water partition coefficient (Wildman–Crippen LogP) is 7.07. The van der Waals surface area contributed by atoms with Gasteiger partial charge in [0, 0.05) is 15.0 Å². The van der Waals surface area contributed by atoms with Crippen molar-refractivity contribution in [1.29, 1.82) is 0 Å². The van der Waals surface area contributed by atoms with Crippen LogP contribution in [0, 0.1) is 0 Å². The van der Waals surface area contributed by atoms with Crippen molar-refractivity contribution in [3.63, 3.8) is 0 Å². The van der Waals surface area contributed by atoms with E-state index in [0.717, 1.165) is 5.75 Å². The number of ether oxygens (including phenoxy) is 1. The third-order valence-corrected chi connectivity index (χ3v) is 5.98. The minimum Gasteiger partial charge on any atom is -0.496 e. The van der Waals surface area contributed by atoms with Crippen LogP contribution in [0.1, 0.15) is 25.3 Å². The molecule has 0 amide bonds. The molecule has 3 aromatic carbocycles. The lowest BCUT2D eigenvalue weighted by Crippen LogP contribution is -1.84. The van der Waals surface area contributed by atoms with Gasteiger partial charge >= 0.3 is 0 Å². The number of aryl methyl sites for hydroxylation is 1. The minimum absolute atomic E-state index is 0.954. The Kier molecular flexibility index (Phi) is 4.46. The fourth-order valence-electron chi connectivity index (χ4n) is 3.35. The molecule has 0 bridgehead atoms. The van der Waals surface area contributed by atoms with Crippen molar-refractivity contribution in [2.24, 2.45) is 0 Å². The summed E-state index contributed by atoms with van der Waals surface area (Å²) in [6, 6.07) is 22.0. The molecule has 0 aliphatic carbocycles. The van der Waals surface area contributed by atoms with Crippen molar-refractivity contribution < 1.29 is 4.74 Å². The summed E-state index contributed by atoms with van der Waals surface area (Å²) >= 11 is 1.85. The highest BCUT2D eigenvalue weighted by Crippen LogP contribution is 2.42. The van der Waals surface area contributed by atoms with Gasteiger partial charge < -0.3 is 4.74 Å². The van der Waals surface area contributed by atoms with Crippen LogP contribution >= 0.6 is 11.3 Å². The van der Waals surface area contributed by atoms with Crippen molar-refractivity contribution >= 4 is 32.2 Å². The Morgan fingerprint density at radius 2 is 1.72 bits per heavy atom. The fraction of sp³-hybridized carbons (Fsp3) is 0.217. The van der Waals surface area contributed by atoms with Gasteiger partial charge in [0.05, 0.1) is 7.11 Å². The highest BCUT2D eigenvalue weighted by Gasteiger charge is 2.12. The molecule has 0 radical (unpaired) electrons. The summed E-state index contributed by atoms with van der Waals surface area (Å²) in [6.07, 6.45) is 3.66. The van der Waals surface area contributed by atoms with E-state index in [9.17, 15) is 0 Å². The van der Waals surface area contributed by atoms with Gasteiger partial charge in [0.2, 0.25) is 0 Å². The Morgan fingerprint density at radius 1 is 0.920 bits per heavy atom. The van der Waals surface area contributed by atoms with Crippen molar-refractivity contribution in [3.8, 4) is 16.2 Å². The third kappa shape index (κ3) is 3.03. The number of unbranched alkanes of at least 4 members (excludes halogenated alkanes) is 1. The first kappa shape index (κ1) is 16.2. The second-order valence-electron chi connectivity index (χ2n) is 6.45. The Morgan fingerprint density at radius 3 is 2.48 bits per heavy atom. The molecule has 0 N–H and O–H groups in total. The summed E-state index contributed by atoms with van der Waals surface area (Å²) in [4.78, 5) is 1.30. The number of methoxy groups -OCH3 is 1. The van der Waals surface area contributed by atoms with E-state index in [-0.39, 0.29) is 0 Å². The smallest absolute Gasteiger partial charge is 0.128 e. The molecule has 0 atom stereocenters. The van der Waals surface area contributed by atoms with Crippen LogP contribution in [0.4, 0.5) is 0 Å². The minimum atomic E-state index is 0.954. The predicted molar refractivity (Wildman–Crippen MR) is 110 cm³/mol. The maximum Gasteiger partial charge on any atom is 0.128 e. The molecule has 0 fully saturated rings. The molecular formula is C23H22OS. The quantitative estimate of drug-likeness (QED) is 0.375.